The second-order valence-electron chi connectivity index (χ2n) is 4.02. The number of aromatic nitrogens is 2. The average Bonchev–Trinajstić information content (AvgIpc) is 2.23. The van der Waals surface area contributed by atoms with E-state index in [1.54, 1.807) is 25.1 Å². The van der Waals surface area contributed by atoms with Crippen LogP contribution in [0.5, 0.6) is 0 Å². The Hall–Kier alpha value is -2.17. The topological polar surface area (TPSA) is 71.9 Å². The van der Waals surface area contributed by atoms with Gasteiger partial charge in [0.05, 0.1) is 17.4 Å². The van der Waals surface area contributed by atoms with Gasteiger partial charge in [0, 0.05) is 0 Å². The van der Waals surface area contributed by atoms with Crippen LogP contribution in [0.25, 0.3) is 10.9 Å². The lowest BCUT2D eigenvalue weighted by Crippen LogP contribution is -2.37. The number of nitrogens with one attached hydrogen (secondary N) is 1. The highest BCUT2D eigenvalue weighted by molar-refractivity contribution is 5.81. The summed E-state index contributed by atoms with van der Waals surface area (Å²) in [5.41, 5.74) is 0.307. The molecule has 0 saturated carbocycles. The molecule has 0 bridgehead atoms. The first-order valence-corrected chi connectivity index (χ1v) is 5.22. The van der Waals surface area contributed by atoms with Crippen LogP contribution in [-0.2, 0) is 11.3 Å². The minimum Gasteiger partial charge on any atom is -0.307 e. The zero-order chi connectivity index (χ0) is 12.6. The van der Waals surface area contributed by atoms with E-state index in [1.165, 1.54) is 6.92 Å². The molecule has 17 heavy (non-hydrogen) atoms. The van der Waals surface area contributed by atoms with Gasteiger partial charge in [-0.3, -0.25) is 14.2 Å². The molecule has 0 atom stereocenters. The van der Waals surface area contributed by atoms with Crippen molar-refractivity contribution < 1.29 is 4.79 Å². The molecule has 1 N–H and O–H groups in total. The van der Waals surface area contributed by atoms with Crippen molar-refractivity contribution in [3.8, 4) is 0 Å². The number of H-pyrrole nitrogens is 1. The van der Waals surface area contributed by atoms with E-state index in [0.29, 0.717) is 10.9 Å². The van der Waals surface area contributed by atoms with Crippen molar-refractivity contribution in [2.45, 2.75) is 20.4 Å². The lowest BCUT2D eigenvalue weighted by Gasteiger charge is -2.05. The van der Waals surface area contributed by atoms with Gasteiger partial charge in [0.2, 0.25) is 0 Å². The number of aromatic amines is 1. The van der Waals surface area contributed by atoms with Crippen LogP contribution in [0.4, 0.5) is 0 Å². The molecule has 0 fully saturated rings. The number of ketones is 1. The Labute approximate surface area is 96.7 Å². The monoisotopic (exact) mass is 232 g/mol. The number of fused-ring (bicyclic) bond motifs is 1. The molecule has 0 aliphatic carbocycles. The van der Waals surface area contributed by atoms with Crippen LogP contribution in [0.3, 0.4) is 0 Å². The molecule has 0 spiro atoms. The Bertz CT molecular complexity index is 710. The molecule has 5 heteroatoms. The largest absolute Gasteiger partial charge is 0.329 e. The van der Waals surface area contributed by atoms with E-state index in [9.17, 15) is 14.4 Å². The highest BCUT2D eigenvalue weighted by Gasteiger charge is 2.10. The zero-order valence-electron chi connectivity index (χ0n) is 9.61. The first kappa shape index (κ1) is 11.3. The highest BCUT2D eigenvalue weighted by atomic mass is 16.2. The van der Waals surface area contributed by atoms with Crippen molar-refractivity contribution in [2.75, 3.05) is 0 Å². The van der Waals surface area contributed by atoms with Crippen molar-refractivity contribution >= 4 is 16.7 Å². The third-order valence-electron chi connectivity index (χ3n) is 2.60. The second kappa shape index (κ2) is 4.01. The fraction of sp³-hybridized carbons (Fsp3) is 0.250. The van der Waals surface area contributed by atoms with E-state index < -0.39 is 11.2 Å². The van der Waals surface area contributed by atoms with E-state index in [2.05, 4.69) is 4.98 Å². The summed E-state index contributed by atoms with van der Waals surface area (Å²) in [6, 6.07) is 5.23. The van der Waals surface area contributed by atoms with Crippen molar-refractivity contribution in [1.29, 1.82) is 0 Å². The Morgan fingerprint density at radius 2 is 2.06 bits per heavy atom. The number of benzene rings is 1. The molecule has 1 heterocycles. The van der Waals surface area contributed by atoms with Crippen LogP contribution in [0.15, 0.2) is 27.8 Å². The van der Waals surface area contributed by atoms with Gasteiger partial charge in [0.25, 0.3) is 5.56 Å². The normalized spacial score (nSPS) is 10.7. The number of carbonyl (C=O) groups excluding carboxylic acids is 1. The van der Waals surface area contributed by atoms with E-state index in [1.807, 2.05) is 0 Å². The molecule has 0 amide bonds. The van der Waals surface area contributed by atoms with Crippen molar-refractivity contribution in [3.63, 3.8) is 0 Å². The maximum absolute atomic E-state index is 12.1. The van der Waals surface area contributed by atoms with E-state index >= 15 is 0 Å². The third-order valence-corrected chi connectivity index (χ3v) is 2.60. The molecule has 0 radical (unpaired) electrons. The Kier molecular flexibility index (Phi) is 2.67. The maximum atomic E-state index is 12.1. The molecule has 0 aliphatic rings. The van der Waals surface area contributed by atoms with Crippen LogP contribution in [0.2, 0.25) is 0 Å². The van der Waals surface area contributed by atoms with Crippen molar-refractivity contribution in [3.05, 3.63) is 44.6 Å². The summed E-state index contributed by atoms with van der Waals surface area (Å²) in [4.78, 5) is 37.4. The summed E-state index contributed by atoms with van der Waals surface area (Å²) in [6.07, 6.45) is 0. The van der Waals surface area contributed by atoms with Gasteiger partial charge in [-0.05, 0) is 25.5 Å². The van der Waals surface area contributed by atoms with Gasteiger partial charge in [-0.1, -0.05) is 12.1 Å². The summed E-state index contributed by atoms with van der Waals surface area (Å²) in [6.45, 7) is 2.94. The first-order chi connectivity index (χ1) is 8.00. The van der Waals surface area contributed by atoms with E-state index in [4.69, 9.17) is 0 Å². The first-order valence-electron chi connectivity index (χ1n) is 5.22. The molecule has 0 aliphatic heterocycles. The molecular weight excluding hydrogens is 220 g/mol. The molecule has 2 rings (SSSR count). The number of rotatable bonds is 2. The highest BCUT2D eigenvalue weighted by Crippen LogP contribution is 2.09. The van der Waals surface area contributed by atoms with Gasteiger partial charge < -0.3 is 4.98 Å². The SMILES string of the molecule is CC(=O)Cn1c(=O)[nH]c2cccc(C)c2c1=O. The third kappa shape index (κ3) is 1.91. The predicted molar refractivity (Wildman–Crippen MR) is 64.2 cm³/mol. The standard InChI is InChI=1S/C12H12N2O3/c1-7-4-3-5-9-10(7)11(16)14(6-8(2)15)12(17)13-9/h3-5H,6H2,1-2H3,(H,13,17). The number of hydrogen-bond donors (Lipinski definition) is 1. The van der Waals surface area contributed by atoms with Crippen molar-refractivity contribution in [1.82, 2.24) is 9.55 Å². The molecule has 1 aromatic heterocycles. The number of aryl methyl sites for hydroxylation is 1. The van der Waals surface area contributed by atoms with Gasteiger partial charge >= 0.3 is 5.69 Å². The minimum atomic E-state index is -0.552. The van der Waals surface area contributed by atoms with Crippen molar-refractivity contribution in [2.24, 2.45) is 0 Å². The van der Waals surface area contributed by atoms with Gasteiger partial charge in [-0.15, -0.1) is 0 Å². The van der Waals surface area contributed by atoms with Crippen LogP contribution in [0, 0.1) is 6.92 Å². The molecule has 1 aromatic carbocycles. The molecular formula is C12H12N2O3. The molecule has 88 valence electrons. The lowest BCUT2D eigenvalue weighted by atomic mass is 10.1. The minimum absolute atomic E-state index is 0.196. The molecule has 5 nitrogen and oxygen atoms in total. The van der Waals surface area contributed by atoms with Crippen LogP contribution < -0.4 is 11.2 Å². The summed E-state index contributed by atoms with van der Waals surface area (Å²) in [5.74, 6) is -0.231. The number of Topliss-reactive ketones (excluding diaryl/α,β-unsaturated/α-hetero) is 1. The summed E-state index contributed by atoms with van der Waals surface area (Å²) < 4.78 is 0.928. The Balaban J connectivity index is 2.88. The van der Waals surface area contributed by atoms with Gasteiger partial charge in [0.15, 0.2) is 0 Å². The quantitative estimate of drug-likeness (QED) is 0.823. The summed E-state index contributed by atoms with van der Waals surface area (Å²) in [7, 11) is 0. The number of nitrogens with zero attached hydrogens (tertiary/aromatic N) is 1. The molecule has 0 unspecified atom stereocenters. The maximum Gasteiger partial charge on any atom is 0.329 e. The molecule has 2 aromatic rings. The summed E-state index contributed by atoms with van der Waals surface area (Å²) in [5, 5.41) is 0.452. The lowest BCUT2D eigenvalue weighted by molar-refractivity contribution is -0.117. The van der Waals surface area contributed by atoms with E-state index in [0.717, 1.165) is 10.1 Å². The second-order valence-corrected chi connectivity index (χ2v) is 4.02. The summed E-state index contributed by atoms with van der Waals surface area (Å²) >= 11 is 0. The fourth-order valence-corrected chi connectivity index (χ4v) is 1.83. The van der Waals surface area contributed by atoms with Crippen LogP contribution >= 0.6 is 0 Å². The van der Waals surface area contributed by atoms with Gasteiger partial charge in [-0.2, -0.15) is 0 Å². The average molecular weight is 232 g/mol. The Morgan fingerprint density at radius 1 is 1.35 bits per heavy atom. The van der Waals surface area contributed by atoms with E-state index in [-0.39, 0.29) is 12.3 Å². The Morgan fingerprint density at radius 3 is 2.71 bits per heavy atom. The van der Waals surface area contributed by atoms with Crippen LogP contribution in [-0.4, -0.2) is 15.3 Å². The number of carbonyl (C=O) groups is 1. The molecule has 0 saturated heterocycles. The van der Waals surface area contributed by atoms with Gasteiger partial charge in [-0.25, -0.2) is 4.79 Å². The smallest absolute Gasteiger partial charge is 0.307 e. The van der Waals surface area contributed by atoms with Crippen LogP contribution in [0.1, 0.15) is 12.5 Å². The van der Waals surface area contributed by atoms with Gasteiger partial charge in [0.1, 0.15) is 5.78 Å². The zero-order valence-corrected chi connectivity index (χ0v) is 9.61. The predicted octanol–water partition coefficient (Wildman–Crippen LogP) is 0.587. The number of hydrogen-bond acceptors (Lipinski definition) is 3. The fourth-order valence-electron chi connectivity index (χ4n) is 1.83.